The first-order valence-electron chi connectivity index (χ1n) is 52.8. The lowest BCUT2D eigenvalue weighted by molar-refractivity contribution is -0.127. The quantitative estimate of drug-likeness (QED) is 0.0376. The van der Waals surface area contributed by atoms with E-state index in [-0.39, 0.29) is 53.4 Å². The van der Waals surface area contributed by atoms with Crippen molar-refractivity contribution in [1.29, 1.82) is 0 Å². The minimum Gasteiger partial charge on any atom is -0.508 e. The van der Waals surface area contributed by atoms with Crippen LogP contribution in [-0.4, -0.2) is 355 Å². The number of piperazine rings is 4. The largest absolute Gasteiger partial charge is 0.508 e. The van der Waals surface area contributed by atoms with Crippen LogP contribution in [0.3, 0.4) is 0 Å². The third kappa shape index (κ3) is 25.3. The summed E-state index contributed by atoms with van der Waals surface area (Å²) in [5.74, 6) is 4.19. The van der Waals surface area contributed by atoms with Gasteiger partial charge in [-0.15, -0.1) is 0 Å². The van der Waals surface area contributed by atoms with Crippen molar-refractivity contribution in [1.82, 2.24) is 84.0 Å². The molecule has 21 rings (SSSR count). The molecule has 0 saturated carbocycles. The van der Waals surface area contributed by atoms with E-state index in [1.807, 2.05) is 89.1 Å². The average molecular weight is 2020 g/mol. The minimum atomic E-state index is -0.0410. The Balaban J connectivity index is 0.000000130. The number of nitrogens with zero attached hydrogens (tertiary/aromatic N) is 24. The number of phenolic OH excluding ortho intramolecular Hbond substituents is 2. The lowest BCUT2D eigenvalue weighted by atomic mass is 10.00. The zero-order valence-corrected chi connectivity index (χ0v) is 87.8. The molecule has 10 aliphatic rings. The fourth-order valence-electron chi connectivity index (χ4n) is 22.0. The van der Waals surface area contributed by atoms with E-state index in [9.17, 15) is 29.4 Å². The molecule has 784 valence electrons. The Morgan fingerprint density at radius 2 is 0.752 bits per heavy atom. The number of hydrogen-bond donors (Lipinski definition) is 2. The zero-order chi connectivity index (χ0) is 104. The molecule has 14 heterocycles. The topological polar surface area (TPSA) is 301 Å². The fourth-order valence-corrected chi connectivity index (χ4v) is 22.0. The van der Waals surface area contributed by atoms with Crippen molar-refractivity contribution in [3.63, 3.8) is 0 Å². The van der Waals surface area contributed by atoms with Gasteiger partial charge in [-0.25, -0.2) is 0 Å². The van der Waals surface area contributed by atoms with Gasteiger partial charge in [-0.3, -0.25) is 24.1 Å². The molecule has 34 nitrogen and oxygen atoms in total. The van der Waals surface area contributed by atoms with Gasteiger partial charge in [0.1, 0.15) is 53.1 Å². The molecule has 149 heavy (non-hydrogen) atoms. The number of rotatable bonds is 26. The Labute approximate surface area is 875 Å². The number of carbonyl (C=O) groups is 4. The smallest absolute Gasteiger partial charge is 0.318 e. The molecular weight excluding hydrogens is 1880 g/mol. The van der Waals surface area contributed by atoms with Crippen LogP contribution in [0.25, 0.3) is 32.3 Å². The second-order valence-corrected chi connectivity index (χ2v) is 40.9. The second-order valence-electron chi connectivity index (χ2n) is 40.9. The molecule has 10 aliphatic heterocycles. The third-order valence-corrected chi connectivity index (χ3v) is 30.1. The van der Waals surface area contributed by atoms with E-state index >= 15 is 0 Å². The normalized spacial score (nSPS) is 18.2. The molecular formula is C115H144N24O10. The summed E-state index contributed by atoms with van der Waals surface area (Å²) in [5, 5.41) is 27.6. The molecule has 3 atom stereocenters. The number of aromatic hydroxyl groups is 2. The number of phenols is 2. The summed E-state index contributed by atoms with van der Waals surface area (Å²) in [6, 6.07) is 51.3. The number of carbonyl (C=O) groups excluding carboxylic acids is 4. The highest BCUT2D eigenvalue weighted by molar-refractivity contribution is 5.98. The van der Waals surface area contributed by atoms with E-state index in [1.54, 1.807) is 12.1 Å². The summed E-state index contributed by atoms with van der Waals surface area (Å²) in [6.45, 7) is 42.0. The number of hydrogen-bond acceptors (Lipinski definition) is 30. The van der Waals surface area contributed by atoms with E-state index in [0.717, 1.165) is 240 Å². The fraction of sp³-hybridized carbons (Fsp3) is 0.443. The predicted molar refractivity (Wildman–Crippen MR) is 587 cm³/mol. The lowest BCUT2D eigenvalue weighted by Crippen LogP contribution is -2.49. The van der Waals surface area contributed by atoms with E-state index in [2.05, 4.69) is 205 Å². The number of anilines is 7. The van der Waals surface area contributed by atoms with Gasteiger partial charge < -0.3 is 103 Å². The maximum absolute atomic E-state index is 12.1. The molecule has 0 bridgehead atoms. The van der Waals surface area contributed by atoms with Crippen LogP contribution in [0.4, 0.5) is 40.3 Å². The number of fused-ring (bicyclic) bond motifs is 7. The third-order valence-electron chi connectivity index (χ3n) is 30.1. The zero-order valence-electron chi connectivity index (χ0n) is 87.8. The first kappa shape index (κ1) is 105. The average Bonchev–Trinajstić information content (AvgIpc) is 0.875. The molecule has 34 heteroatoms. The predicted octanol–water partition coefficient (Wildman–Crippen LogP) is 12.1. The van der Waals surface area contributed by atoms with Crippen molar-refractivity contribution in [2.24, 2.45) is 0 Å². The monoisotopic (exact) mass is 2020 g/mol. The molecule has 6 saturated heterocycles. The Hall–Kier alpha value is -14.3. The van der Waals surface area contributed by atoms with E-state index in [1.165, 1.54) is 57.5 Å². The Kier molecular flexibility index (Phi) is 33.9. The molecule has 3 unspecified atom stereocenters. The van der Waals surface area contributed by atoms with Crippen molar-refractivity contribution in [3.8, 4) is 35.5 Å². The first-order chi connectivity index (χ1) is 72.3. The second kappa shape index (κ2) is 48.3. The number of amides is 4. The van der Waals surface area contributed by atoms with Gasteiger partial charge >= 0.3 is 24.0 Å². The van der Waals surface area contributed by atoms with E-state index < -0.39 is 0 Å². The summed E-state index contributed by atoms with van der Waals surface area (Å²) >= 11 is 0. The highest BCUT2D eigenvalue weighted by atomic mass is 16.5. The Morgan fingerprint density at radius 3 is 1.19 bits per heavy atom. The summed E-state index contributed by atoms with van der Waals surface area (Å²) in [4.78, 5) is 123. The van der Waals surface area contributed by atoms with Crippen molar-refractivity contribution < 1.29 is 48.3 Å². The van der Waals surface area contributed by atoms with Crippen LogP contribution in [-0.2, 0) is 71.0 Å². The molecule has 0 spiro atoms. The minimum absolute atomic E-state index is 0.00942. The van der Waals surface area contributed by atoms with E-state index in [0.29, 0.717) is 135 Å². The van der Waals surface area contributed by atoms with Gasteiger partial charge in [0.15, 0.2) is 0 Å². The molecule has 0 aliphatic carbocycles. The maximum atomic E-state index is 12.1. The number of likely N-dealkylation sites (N-methyl/N-ethyl adjacent to an activating group) is 2. The van der Waals surface area contributed by atoms with Crippen molar-refractivity contribution in [2.45, 2.75) is 116 Å². The number of aromatic nitrogens is 8. The van der Waals surface area contributed by atoms with Gasteiger partial charge in [0.2, 0.25) is 23.6 Å². The van der Waals surface area contributed by atoms with Crippen LogP contribution in [0.15, 0.2) is 196 Å². The molecule has 4 aromatic heterocycles. The number of ether oxygens (including phenoxy) is 4. The van der Waals surface area contributed by atoms with E-state index in [4.69, 9.17) is 58.8 Å². The van der Waals surface area contributed by atoms with Crippen LogP contribution < -0.4 is 53.2 Å². The van der Waals surface area contributed by atoms with Crippen LogP contribution >= 0.6 is 0 Å². The Bertz CT molecular complexity index is 6590. The summed E-state index contributed by atoms with van der Waals surface area (Å²) in [5.41, 5.74) is 13.2. The van der Waals surface area contributed by atoms with Crippen LogP contribution in [0.2, 0.25) is 0 Å². The van der Waals surface area contributed by atoms with Crippen molar-refractivity contribution in [2.75, 3.05) is 253 Å². The molecule has 6 fully saturated rings. The van der Waals surface area contributed by atoms with Gasteiger partial charge in [0.25, 0.3) is 0 Å². The van der Waals surface area contributed by atoms with Crippen LogP contribution in [0.1, 0.15) is 96.2 Å². The van der Waals surface area contributed by atoms with Crippen molar-refractivity contribution in [3.05, 3.63) is 247 Å². The summed E-state index contributed by atoms with van der Waals surface area (Å²) in [7, 11) is 12.4. The molecule has 4 amide bonds. The van der Waals surface area contributed by atoms with Gasteiger partial charge in [-0.2, -0.15) is 39.9 Å². The highest BCUT2D eigenvalue weighted by Gasteiger charge is 2.38. The highest BCUT2D eigenvalue weighted by Crippen LogP contribution is 2.43. The maximum Gasteiger partial charge on any atom is 0.318 e. The number of piperidine rings is 1. The van der Waals surface area contributed by atoms with Crippen LogP contribution in [0, 0.1) is 0 Å². The van der Waals surface area contributed by atoms with Crippen LogP contribution in [0.5, 0.6) is 35.5 Å². The molecule has 2 N–H and O–H groups in total. The summed E-state index contributed by atoms with van der Waals surface area (Å²) < 4.78 is 25.0. The standard InChI is InChI=1S/C30H36N6O3.C29H34N6O3.C29H36N6O2.C27H38N6O2/c1-3-28(38)34-14-16-35(17-15-34)29-25-10-13-36(27-19-22(37)18-21-6-4-5-7-24(21)27)20-26(25)31-30(32-29)39-23-8-11-33(2)12-9-23;1-3-27(37)33-12-14-34(15-13-33)28-24-9-11-35(26-17-21(36)16-20-6-4-5-7-23(20)26)19-25(24)30-29(31-28)38-22-8-10-32(2)18-22;1-5-27(36)33-15-17-34(18-16-33)28-24-13-14-35(26-12-8-10-22-9-6-7-11-23(22)26)20-25(24)30-29(31-28)37-21(2)19-32(3)4;1-5-25(34)31-15-17-32(18-16-31)26-23-12-14-33(21(2)22-10-7-6-8-11-22)20-24(23)28-27(29-26)35-19-9-13-30(3)4/h3-7,18-19,23,37H,1,8-17,20H2,2H3;3-7,16-17,22,36H,1,8-15,18-19H2,2H3;5-12,21H,1,13-20H2,2-4H3;5-8,10-11,21H,1,9,12-20H2,2-4H3. The first-order valence-corrected chi connectivity index (χ1v) is 52.8. The number of benzene rings is 7. The number of likely N-dealkylation sites (tertiary alicyclic amines) is 2. The molecule has 7 aromatic carbocycles. The Morgan fingerprint density at radius 1 is 0.383 bits per heavy atom. The van der Waals surface area contributed by atoms with Gasteiger partial charge in [0.05, 0.1) is 49.0 Å². The lowest BCUT2D eigenvalue weighted by Gasteiger charge is -2.38. The molecule has 11 aromatic rings. The van der Waals surface area contributed by atoms with Gasteiger partial charge in [0, 0.05) is 250 Å². The van der Waals surface area contributed by atoms with Gasteiger partial charge in [-0.05, 0) is 172 Å². The SMILES string of the molecule is C=CC(=O)N1CCN(c2nc(OC(C)CN(C)C)nc3c2CCN(c2cccc4ccccc24)C3)CC1.C=CC(=O)N1CCN(c2nc(OC3CCN(C)C3)nc3c2CCN(c2cc(O)cc4ccccc24)C3)CC1.C=CC(=O)N1CCN(c2nc(OC3CCN(C)CC3)nc3c2CCN(c2cc(O)cc4ccccc24)C3)CC1.C=CC(=O)N1CCN(c2nc(OCCCN(C)C)nc3c2CCN(C(C)c2ccccc2)C3)CC1. The van der Waals surface area contributed by atoms with Gasteiger partial charge in [-0.1, -0.05) is 142 Å². The van der Waals surface area contributed by atoms with Crippen molar-refractivity contribution >= 4 is 96.3 Å². The summed E-state index contributed by atoms with van der Waals surface area (Å²) in [6.07, 6.45) is 12.8. The molecule has 0 radical (unpaired) electrons.